The summed E-state index contributed by atoms with van der Waals surface area (Å²) in [7, 11) is 0. The minimum absolute atomic E-state index is 0.121. The number of benzene rings is 1. The third-order valence-electron chi connectivity index (χ3n) is 5.40. The van der Waals surface area contributed by atoms with E-state index < -0.39 is 0 Å². The van der Waals surface area contributed by atoms with E-state index in [-0.39, 0.29) is 23.8 Å². The van der Waals surface area contributed by atoms with E-state index >= 15 is 0 Å². The zero-order chi connectivity index (χ0) is 17.3. The Balaban J connectivity index is 1.47. The number of piperidine rings is 1. The summed E-state index contributed by atoms with van der Waals surface area (Å²) in [5.74, 6) is 0.397. The van der Waals surface area contributed by atoms with Gasteiger partial charge in [-0.1, -0.05) is 18.2 Å². The van der Waals surface area contributed by atoms with Crippen molar-refractivity contribution < 1.29 is 9.59 Å². The minimum Gasteiger partial charge on any atom is -0.369 e. The van der Waals surface area contributed by atoms with Crippen LogP contribution in [-0.2, 0) is 9.59 Å². The average molecular weight is 329 g/mol. The van der Waals surface area contributed by atoms with Crippen molar-refractivity contribution in [1.29, 1.82) is 0 Å². The van der Waals surface area contributed by atoms with Gasteiger partial charge in [-0.2, -0.15) is 0 Å². The van der Waals surface area contributed by atoms with E-state index in [1.807, 2.05) is 0 Å². The van der Waals surface area contributed by atoms with Crippen molar-refractivity contribution >= 4 is 11.8 Å². The number of aryl methyl sites for hydroxylation is 2. The van der Waals surface area contributed by atoms with Crippen LogP contribution in [0.15, 0.2) is 18.2 Å². The molecule has 2 fully saturated rings. The number of carbonyl (C=O) groups excluding carboxylic acids is 2. The van der Waals surface area contributed by atoms with Gasteiger partial charge >= 0.3 is 0 Å². The van der Waals surface area contributed by atoms with Crippen molar-refractivity contribution in [1.82, 2.24) is 10.2 Å². The fraction of sp³-hybridized carbons (Fsp3) is 0.579. The highest BCUT2D eigenvalue weighted by Gasteiger charge is 2.44. The maximum Gasteiger partial charge on any atom is 0.231 e. The van der Waals surface area contributed by atoms with Gasteiger partial charge in [0.25, 0.3) is 0 Å². The van der Waals surface area contributed by atoms with Crippen LogP contribution < -0.4 is 11.1 Å². The number of primary amides is 1. The molecule has 2 atom stereocenters. The number of amides is 2. The Hall–Kier alpha value is -1.88. The van der Waals surface area contributed by atoms with Crippen LogP contribution in [0.25, 0.3) is 0 Å². The molecule has 1 saturated heterocycles. The second-order valence-electron chi connectivity index (χ2n) is 7.32. The highest BCUT2D eigenvalue weighted by Crippen LogP contribution is 2.48. The third-order valence-corrected chi connectivity index (χ3v) is 5.40. The van der Waals surface area contributed by atoms with Crippen molar-refractivity contribution in [2.75, 3.05) is 19.6 Å². The molecule has 2 amide bonds. The fourth-order valence-electron chi connectivity index (χ4n) is 3.61. The van der Waals surface area contributed by atoms with E-state index in [0.29, 0.717) is 12.5 Å². The van der Waals surface area contributed by atoms with Gasteiger partial charge in [0.15, 0.2) is 0 Å². The van der Waals surface area contributed by atoms with Crippen LogP contribution in [0.1, 0.15) is 41.9 Å². The summed E-state index contributed by atoms with van der Waals surface area (Å²) in [5.41, 5.74) is 9.10. The molecule has 5 heteroatoms. The first-order valence-corrected chi connectivity index (χ1v) is 8.82. The number of carbonyl (C=O) groups is 2. The number of rotatable bonds is 5. The fourth-order valence-corrected chi connectivity index (χ4v) is 3.61. The maximum absolute atomic E-state index is 12.5. The Morgan fingerprint density at radius 1 is 1.21 bits per heavy atom. The van der Waals surface area contributed by atoms with Gasteiger partial charge in [-0.05, 0) is 55.7 Å². The Labute approximate surface area is 143 Å². The Bertz CT molecular complexity index is 635. The molecule has 3 N–H and O–H groups in total. The van der Waals surface area contributed by atoms with Gasteiger partial charge < -0.3 is 11.1 Å². The molecule has 130 valence electrons. The highest BCUT2D eigenvalue weighted by molar-refractivity contribution is 5.83. The van der Waals surface area contributed by atoms with Crippen molar-refractivity contribution in [3.63, 3.8) is 0 Å². The normalized spacial score (nSPS) is 24.6. The molecule has 2 aliphatic rings. The molecule has 1 saturated carbocycles. The Morgan fingerprint density at radius 3 is 2.54 bits per heavy atom. The first-order valence-electron chi connectivity index (χ1n) is 8.82. The van der Waals surface area contributed by atoms with Gasteiger partial charge in [0.2, 0.25) is 11.8 Å². The zero-order valence-electron chi connectivity index (χ0n) is 14.5. The summed E-state index contributed by atoms with van der Waals surface area (Å²) in [6, 6.07) is 6.74. The molecule has 1 aliphatic carbocycles. The molecule has 1 heterocycles. The molecule has 5 nitrogen and oxygen atoms in total. The molecule has 0 unspecified atom stereocenters. The molecule has 0 aromatic heterocycles. The quantitative estimate of drug-likeness (QED) is 0.859. The summed E-state index contributed by atoms with van der Waals surface area (Å²) < 4.78 is 0. The first kappa shape index (κ1) is 17.0. The molecule has 3 rings (SSSR count). The maximum atomic E-state index is 12.5. The van der Waals surface area contributed by atoms with Crippen LogP contribution >= 0.6 is 0 Å². The van der Waals surface area contributed by atoms with Crippen LogP contribution in [-0.4, -0.2) is 42.4 Å². The number of nitrogens with two attached hydrogens (primary N) is 1. The largest absolute Gasteiger partial charge is 0.369 e. The smallest absolute Gasteiger partial charge is 0.231 e. The summed E-state index contributed by atoms with van der Waals surface area (Å²) in [4.78, 5) is 25.5. The zero-order valence-corrected chi connectivity index (χ0v) is 14.5. The lowest BCUT2D eigenvalue weighted by molar-refractivity contribution is -0.124. The lowest BCUT2D eigenvalue weighted by atomic mass is 10.0. The Morgan fingerprint density at radius 2 is 1.92 bits per heavy atom. The van der Waals surface area contributed by atoms with Crippen molar-refractivity contribution in [2.24, 2.45) is 11.7 Å². The van der Waals surface area contributed by atoms with Crippen LogP contribution in [0, 0.1) is 19.8 Å². The number of hydrogen-bond acceptors (Lipinski definition) is 3. The van der Waals surface area contributed by atoms with E-state index in [1.54, 1.807) is 0 Å². The van der Waals surface area contributed by atoms with E-state index in [1.165, 1.54) is 16.7 Å². The molecule has 24 heavy (non-hydrogen) atoms. The van der Waals surface area contributed by atoms with Crippen molar-refractivity contribution in [3.8, 4) is 0 Å². The predicted molar refractivity (Wildman–Crippen MR) is 93.6 cm³/mol. The molecule has 0 radical (unpaired) electrons. The topological polar surface area (TPSA) is 75.4 Å². The van der Waals surface area contributed by atoms with E-state index in [9.17, 15) is 9.59 Å². The lowest BCUT2D eigenvalue weighted by Crippen LogP contribution is -2.47. The van der Waals surface area contributed by atoms with Crippen LogP contribution in [0.2, 0.25) is 0 Å². The summed E-state index contributed by atoms with van der Waals surface area (Å²) in [6.45, 7) is 6.19. The van der Waals surface area contributed by atoms with Crippen molar-refractivity contribution in [2.45, 2.75) is 45.1 Å². The molecule has 1 aromatic carbocycles. The number of nitrogens with one attached hydrogen (secondary N) is 1. The summed E-state index contributed by atoms with van der Waals surface area (Å²) >= 11 is 0. The number of hydrogen-bond donors (Lipinski definition) is 2. The van der Waals surface area contributed by atoms with Gasteiger partial charge in [-0.3, -0.25) is 14.5 Å². The van der Waals surface area contributed by atoms with Crippen LogP contribution in [0.4, 0.5) is 0 Å². The second-order valence-corrected chi connectivity index (χ2v) is 7.32. The van der Waals surface area contributed by atoms with Gasteiger partial charge in [0.1, 0.15) is 0 Å². The standard InChI is InChI=1S/C19H27N3O2/c1-12-3-4-14(9-13(12)2)16-10-17(16)19(24)21-15-5-7-22(8-6-15)11-18(20)23/h3-4,9,15-17H,5-8,10-11H2,1-2H3,(H2,20,23)(H,21,24)/t16-,17+/m1/s1. The van der Waals surface area contributed by atoms with E-state index in [4.69, 9.17) is 5.73 Å². The summed E-state index contributed by atoms with van der Waals surface area (Å²) in [6.07, 6.45) is 2.73. The van der Waals surface area contributed by atoms with Gasteiger partial charge in [0, 0.05) is 25.0 Å². The van der Waals surface area contributed by atoms with Crippen LogP contribution in [0.3, 0.4) is 0 Å². The third kappa shape index (κ3) is 3.96. The molecular formula is C19H27N3O2. The monoisotopic (exact) mass is 329 g/mol. The Kier molecular flexibility index (Phi) is 4.90. The van der Waals surface area contributed by atoms with Gasteiger partial charge in [-0.25, -0.2) is 0 Å². The second kappa shape index (κ2) is 6.93. The van der Waals surface area contributed by atoms with E-state index in [0.717, 1.165) is 32.4 Å². The minimum atomic E-state index is -0.285. The summed E-state index contributed by atoms with van der Waals surface area (Å²) in [5, 5.41) is 3.20. The van der Waals surface area contributed by atoms with Crippen LogP contribution in [0.5, 0.6) is 0 Å². The molecule has 1 aliphatic heterocycles. The predicted octanol–water partition coefficient (Wildman–Crippen LogP) is 1.47. The van der Waals surface area contributed by atoms with Gasteiger partial charge in [-0.15, -0.1) is 0 Å². The van der Waals surface area contributed by atoms with Gasteiger partial charge in [0.05, 0.1) is 6.54 Å². The molecule has 1 aromatic rings. The van der Waals surface area contributed by atoms with E-state index in [2.05, 4.69) is 42.3 Å². The molecule has 0 spiro atoms. The molecule has 0 bridgehead atoms. The number of likely N-dealkylation sites (tertiary alicyclic amines) is 1. The molecular weight excluding hydrogens is 302 g/mol. The lowest BCUT2D eigenvalue weighted by Gasteiger charge is -2.31. The highest BCUT2D eigenvalue weighted by atomic mass is 16.2. The average Bonchev–Trinajstić information content (AvgIpc) is 3.32. The van der Waals surface area contributed by atoms with Crippen molar-refractivity contribution in [3.05, 3.63) is 34.9 Å². The SMILES string of the molecule is Cc1ccc([C@H]2C[C@@H]2C(=O)NC2CCN(CC(N)=O)CC2)cc1C. The first-order chi connectivity index (χ1) is 11.4. The number of nitrogens with zero attached hydrogens (tertiary/aromatic N) is 1.